The van der Waals surface area contributed by atoms with Gasteiger partial charge in [-0.3, -0.25) is 4.79 Å². The average molecular weight is 262 g/mol. The summed E-state index contributed by atoms with van der Waals surface area (Å²) >= 11 is 0. The third kappa shape index (κ3) is 3.44. The van der Waals surface area contributed by atoms with E-state index >= 15 is 0 Å². The fraction of sp³-hybridized carbons (Fsp3) is 0.571. The van der Waals surface area contributed by atoms with Crippen molar-refractivity contribution >= 4 is 11.7 Å². The summed E-state index contributed by atoms with van der Waals surface area (Å²) in [5, 5.41) is 3.49. The van der Waals surface area contributed by atoms with Crippen molar-refractivity contribution in [2.75, 3.05) is 18.0 Å². The summed E-state index contributed by atoms with van der Waals surface area (Å²) in [7, 11) is 0. The molecule has 1 atom stereocenters. The third-order valence-corrected chi connectivity index (χ3v) is 3.53. The van der Waals surface area contributed by atoms with Crippen LogP contribution in [-0.4, -0.2) is 36.1 Å². The molecule has 5 heteroatoms. The molecule has 5 nitrogen and oxygen atoms in total. The molecule has 1 aliphatic heterocycles. The van der Waals surface area contributed by atoms with E-state index in [0.717, 1.165) is 18.9 Å². The zero-order valence-electron chi connectivity index (χ0n) is 11.6. The van der Waals surface area contributed by atoms with Gasteiger partial charge in [-0.1, -0.05) is 0 Å². The molecule has 1 aliphatic rings. The number of carbonyl (C=O) groups excluding carboxylic acids is 1. The van der Waals surface area contributed by atoms with E-state index in [9.17, 15) is 4.79 Å². The fourth-order valence-corrected chi connectivity index (χ4v) is 2.45. The highest BCUT2D eigenvalue weighted by molar-refractivity contribution is 5.93. The molecule has 1 fully saturated rings. The highest BCUT2D eigenvalue weighted by atomic mass is 16.1. The van der Waals surface area contributed by atoms with Crippen LogP contribution in [0.25, 0.3) is 0 Å². The first-order valence-electron chi connectivity index (χ1n) is 6.84. The second-order valence-corrected chi connectivity index (χ2v) is 5.31. The van der Waals surface area contributed by atoms with Gasteiger partial charge < -0.3 is 16.0 Å². The molecule has 1 aromatic heterocycles. The molecule has 1 saturated heterocycles. The molecule has 1 amide bonds. The minimum atomic E-state index is -0.411. The van der Waals surface area contributed by atoms with Gasteiger partial charge in [0.1, 0.15) is 5.82 Å². The molecule has 19 heavy (non-hydrogen) atoms. The lowest BCUT2D eigenvalue weighted by Gasteiger charge is -2.30. The van der Waals surface area contributed by atoms with Crippen molar-refractivity contribution in [3.05, 3.63) is 23.9 Å². The van der Waals surface area contributed by atoms with Gasteiger partial charge >= 0.3 is 0 Å². The van der Waals surface area contributed by atoms with Gasteiger partial charge in [0.2, 0.25) is 5.91 Å². The van der Waals surface area contributed by atoms with Crippen molar-refractivity contribution in [3.63, 3.8) is 0 Å². The highest BCUT2D eigenvalue weighted by Crippen LogP contribution is 2.18. The lowest BCUT2D eigenvalue weighted by molar-refractivity contribution is 0.1000. The summed E-state index contributed by atoms with van der Waals surface area (Å²) in [6, 6.07) is 4.26. The van der Waals surface area contributed by atoms with Crippen LogP contribution in [0.4, 0.5) is 5.82 Å². The summed E-state index contributed by atoms with van der Waals surface area (Å²) in [6.45, 7) is 6.26. The van der Waals surface area contributed by atoms with Gasteiger partial charge in [-0.25, -0.2) is 4.98 Å². The number of carbonyl (C=O) groups is 1. The number of amides is 1. The summed E-state index contributed by atoms with van der Waals surface area (Å²) < 4.78 is 0. The predicted octanol–water partition coefficient (Wildman–Crippen LogP) is 1.15. The van der Waals surface area contributed by atoms with E-state index in [2.05, 4.69) is 29.0 Å². The SMILES string of the molecule is CC(C)N(CC1CCCN1)c1cc(C(N)=O)ccn1. The van der Waals surface area contributed by atoms with Crippen molar-refractivity contribution in [3.8, 4) is 0 Å². The first-order valence-corrected chi connectivity index (χ1v) is 6.84. The van der Waals surface area contributed by atoms with Crippen LogP contribution in [0.2, 0.25) is 0 Å². The minimum absolute atomic E-state index is 0.332. The Balaban J connectivity index is 2.17. The van der Waals surface area contributed by atoms with E-state index in [4.69, 9.17) is 5.73 Å². The van der Waals surface area contributed by atoms with Gasteiger partial charge in [-0.15, -0.1) is 0 Å². The number of nitrogens with one attached hydrogen (secondary N) is 1. The van der Waals surface area contributed by atoms with Gasteiger partial charge in [-0.05, 0) is 45.4 Å². The zero-order chi connectivity index (χ0) is 13.8. The Kier molecular flexibility index (Phi) is 4.37. The van der Waals surface area contributed by atoms with E-state index in [0.29, 0.717) is 17.6 Å². The van der Waals surface area contributed by atoms with Gasteiger partial charge in [0.05, 0.1) is 0 Å². The summed E-state index contributed by atoms with van der Waals surface area (Å²) in [4.78, 5) is 17.8. The molecule has 0 bridgehead atoms. The van der Waals surface area contributed by atoms with Crippen LogP contribution in [0.1, 0.15) is 37.0 Å². The van der Waals surface area contributed by atoms with Crippen molar-refractivity contribution < 1.29 is 4.79 Å². The number of aromatic nitrogens is 1. The van der Waals surface area contributed by atoms with Crippen LogP contribution in [0.15, 0.2) is 18.3 Å². The monoisotopic (exact) mass is 262 g/mol. The molecule has 104 valence electrons. The first kappa shape index (κ1) is 13.8. The van der Waals surface area contributed by atoms with Gasteiger partial charge in [-0.2, -0.15) is 0 Å². The fourth-order valence-electron chi connectivity index (χ4n) is 2.45. The maximum atomic E-state index is 11.3. The number of anilines is 1. The molecule has 0 radical (unpaired) electrons. The average Bonchev–Trinajstić information content (AvgIpc) is 2.88. The number of nitrogens with two attached hydrogens (primary N) is 1. The molecular weight excluding hydrogens is 240 g/mol. The predicted molar refractivity (Wildman–Crippen MR) is 76.3 cm³/mol. The first-order chi connectivity index (χ1) is 9.08. The van der Waals surface area contributed by atoms with E-state index in [1.165, 1.54) is 12.8 Å². The second kappa shape index (κ2) is 6.02. The van der Waals surface area contributed by atoms with Crippen LogP contribution < -0.4 is 16.0 Å². The number of nitrogens with zero attached hydrogens (tertiary/aromatic N) is 2. The third-order valence-electron chi connectivity index (χ3n) is 3.53. The minimum Gasteiger partial charge on any atom is -0.366 e. The Hall–Kier alpha value is -1.62. The molecule has 3 N–H and O–H groups in total. The van der Waals surface area contributed by atoms with E-state index < -0.39 is 5.91 Å². The van der Waals surface area contributed by atoms with Crippen LogP contribution >= 0.6 is 0 Å². The maximum absolute atomic E-state index is 11.3. The molecule has 2 rings (SSSR count). The Morgan fingerprint density at radius 2 is 2.42 bits per heavy atom. The Morgan fingerprint density at radius 1 is 1.63 bits per heavy atom. The van der Waals surface area contributed by atoms with E-state index in [1.807, 2.05) is 0 Å². The number of hydrogen-bond donors (Lipinski definition) is 2. The molecule has 2 heterocycles. The Labute approximate surface area is 114 Å². The maximum Gasteiger partial charge on any atom is 0.248 e. The topological polar surface area (TPSA) is 71.2 Å². The lowest BCUT2D eigenvalue weighted by atomic mass is 10.1. The summed E-state index contributed by atoms with van der Waals surface area (Å²) in [5.74, 6) is 0.409. The molecular formula is C14H22N4O. The molecule has 0 saturated carbocycles. The standard InChI is InChI=1S/C14H22N4O/c1-10(2)18(9-12-4-3-6-16-12)13-8-11(14(15)19)5-7-17-13/h5,7-8,10,12,16H,3-4,6,9H2,1-2H3,(H2,15,19). The van der Waals surface area contributed by atoms with Crippen LogP contribution in [0.3, 0.4) is 0 Å². The highest BCUT2D eigenvalue weighted by Gasteiger charge is 2.21. The molecule has 0 aromatic carbocycles. The van der Waals surface area contributed by atoms with Crippen LogP contribution in [-0.2, 0) is 0 Å². The van der Waals surface area contributed by atoms with Crippen molar-refractivity contribution in [1.29, 1.82) is 0 Å². The Bertz CT molecular complexity index is 441. The molecule has 1 aromatic rings. The molecule has 0 aliphatic carbocycles. The normalized spacial score (nSPS) is 18.8. The van der Waals surface area contributed by atoms with Crippen LogP contribution in [0, 0.1) is 0 Å². The van der Waals surface area contributed by atoms with E-state index in [1.54, 1.807) is 18.3 Å². The Morgan fingerprint density at radius 3 is 3.00 bits per heavy atom. The van der Waals surface area contributed by atoms with Crippen LogP contribution in [0.5, 0.6) is 0 Å². The van der Waals surface area contributed by atoms with E-state index in [-0.39, 0.29) is 0 Å². The van der Waals surface area contributed by atoms with Crippen molar-refractivity contribution in [2.24, 2.45) is 5.73 Å². The largest absolute Gasteiger partial charge is 0.366 e. The number of primary amides is 1. The quantitative estimate of drug-likeness (QED) is 0.835. The lowest BCUT2D eigenvalue weighted by Crippen LogP contribution is -2.41. The summed E-state index contributed by atoms with van der Waals surface area (Å²) in [6.07, 6.45) is 4.07. The number of rotatable bonds is 5. The molecule has 1 unspecified atom stereocenters. The van der Waals surface area contributed by atoms with Crippen molar-refractivity contribution in [2.45, 2.75) is 38.8 Å². The zero-order valence-corrected chi connectivity index (χ0v) is 11.6. The van der Waals surface area contributed by atoms with Gasteiger partial charge in [0.25, 0.3) is 0 Å². The second-order valence-electron chi connectivity index (χ2n) is 5.31. The molecule has 0 spiro atoms. The number of hydrogen-bond acceptors (Lipinski definition) is 4. The van der Waals surface area contributed by atoms with Gasteiger partial charge in [0, 0.05) is 30.4 Å². The summed E-state index contributed by atoms with van der Waals surface area (Å²) in [5.41, 5.74) is 5.83. The number of pyridine rings is 1. The smallest absolute Gasteiger partial charge is 0.248 e. The van der Waals surface area contributed by atoms with Gasteiger partial charge in [0.15, 0.2) is 0 Å². The van der Waals surface area contributed by atoms with Crippen molar-refractivity contribution in [1.82, 2.24) is 10.3 Å².